The number of imide groups is 1. The van der Waals surface area contributed by atoms with Crippen LogP contribution in [-0.2, 0) is 11.2 Å². The molecule has 1 atom stereocenters. The Morgan fingerprint density at radius 1 is 0.745 bits per heavy atom. The van der Waals surface area contributed by atoms with Crippen LogP contribution in [-0.4, -0.2) is 33.2 Å². The van der Waals surface area contributed by atoms with Gasteiger partial charge in [0.15, 0.2) is 0 Å². The standard InChI is InChI=1S/C40H34N4O3/c41-26-33-35(28-17-7-2-8-18-28)36(29-19-9-3-10-20-29)43(30-21-11-4-12-22-30)37(33)42-38(45)34(25-27-15-5-1-6-16-27)44-39(46)31-23-13-14-24-32(31)40(44)47/h1-3,5-10,13-20,23-24,30,34H,4,11-12,21-22,25H2,(H,42,45)/t34-/m0/s1. The number of anilines is 1. The summed E-state index contributed by atoms with van der Waals surface area (Å²) in [5, 5.41) is 14.0. The lowest BCUT2D eigenvalue weighted by molar-refractivity contribution is -0.120. The molecule has 0 radical (unpaired) electrons. The number of fused-ring (bicyclic) bond motifs is 1. The van der Waals surface area contributed by atoms with Crippen LogP contribution in [0, 0.1) is 11.3 Å². The normalized spacial score (nSPS) is 15.3. The average molecular weight is 619 g/mol. The van der Waals surface area contributed by atoms with E-state index < -0.39 is 23.8 Å². The first-order chi connectivity index (χ1) is 23.1. The van der Waals surface area contributed by atoms with E-state index in [0.29, 0.717) is 11.4 Å². The maximum absolute atomic E-state index is 14.7. The van der Waals surface area contributed by atoms with Crippen molar-refractivity contribution in [3.05, 3.63) is 138 Å². The third kappa shape index (κ3) is 5.53. The quantitative estimate of drug-likeness (QED) is 0.178. The lowest BCUT2D eigenvalue weighted by Gasteiger charge is -2.29. The van der Waals surface area contributed by atoms with Crippen LogP contribution < -0.4 is 5.32 Å². The Hall–Kier alpha value is -5.74. The van der Waals surface area contributed by atoms with Crippen LogP contribution >= 0.6 is 0 Å². The van der Waals surface area contributed by atoms with Crippen molar-refractivity contribution < 1.29 is 14.4 Å². The SMILES string of the molecule is N#Cc1c(-c2ccccc2)c(-c2ccccc2)n(C2CCCCC2)c1NC(=O)[C@H](Cc1ccccc1)N1C(=O)c2ccccc2C1=O. The topological polar surface area (TPSA) is 95.2 Å². The van der Waals surface area contributed by atoms with Gasteiger partial charge in [0, 0.05) is 18.0 Å². The molecule has 7 heteroatoms. The number of nitrogens with zero attached hydrogens (tertiary/aromatic N) is 3. The molecule has 1 aliphatic carbocycles. The van der Waals surface area contributed by atoms with Crippen molar-refractivity contribution in [2.24, 2.45) is 0 Å². The summed E-state index contributed by atoms with van der Waals surface area (Å²) in [5.41, 5.74) is 5.16. The van der Waals surface area contributed by atoms with Gasteiger partial charge >= 0.3 is 0 Å². The second kappa shape index (κ2) is 12.9. The summed E-state index contributed by atoms with van der Waals surface area (Å²) in [6.07, 6.45) is 5.15. The summed E-state index contributed by atoms with van der Waals surface area (Å²) in [7, 11) is 0. The van der Waals surface area contributed by atoms with Crippen LogP contribution in [0.25, 0.3) is 22.4 Å². The minimum absolute atomic E-state index is 0.0469. The minimum atomic E-state index is -1.15. The molecule has 7 nitrogen and oxygen atoms in total. The van der Waals surface area contributed by atoms with E-state index in [-0.39, 0.29) is 23.6 Å². The number of benzene rings is 4. The second-order valence-corrected chi connectivity index (χ2v) is 12.2. The van der Waals surface area contributed by atoms with Gasteiger partial charge in [-0.25, -0.2) is 0 Å². The number of hydrogen-bond donors (Lipinski definition) is 1. The molecule has 7 rings (SSSR count). The zero-order valence-electron chi connectivity index (χ0n) is 25.9. The molecular formula is C40H34N4O3. The molecule has 0 spiro atoms. The fourth-order valence-electron chi connectivity index (χ4n) is 7.12. The predicted octanol–water partition coefficient (Wildman–Crippen LogP) is 8.04. The highest BCUT2D eigenvalue weighted by Crippen LogP contribution is 2.46. The second-order valence-electron chi connectivity index (χ2n) is 12.2. The van der Waals surface area contributed by atoms with E-state index in [2.05, 4.69) is 16.0 Å². The van der Waals surface area contributed by atoms with Gasteiger partial charge in [0.1, 0.15) is 23.5 Å². The van der Waals surface area contributed by atoms with Gasteiger partial charge in [-0.1, -0.05) is 122 Å². The van der Waals surface area contributed by atoms with Crippen molar-refractivity contribution >= 4 is 23.5 Å². The van der Waals surface area contributed by atoms with Crippen LogP contribution in [0.1, 0.15) is 70.0 Å². The third-order valence-corrected chi connectivity index (χ3v) is 9.32. The molecule has 2 aliphatic rings. The molecule has 1 saturated carbocycles. The van der Waals surface area contributed by atoms with Crippen LogP contribution in [0.15, 0.2) is 115 Å². The molecular weight excluding hydrogens is 584 g/mol. The summed E-state index contributed by atoms with van der Waals surface area (Å²) >= 11 is 0. The van der Waals surface area contributed by atoms with Crippen molar-refractivity contribution in [2.75, 3.05) is 5.32 Å². The maximum atomic E-state index is 14.7. The summed E-state index contributed by atoms with van der Waals surface area (Å²) in [4.78, 5) is 43.2. The highest BCUT2D eigenvalue weighted by Gasteiger charge is 2.43. The molecule has 47 heavy (non-hydrogen) atoms. The molecule has 2 heterocycles. The van der Waals surface area contributed by atoms with Crippen molar-refractivity contribution in [1.29, 1.82) is 5.26 Å². The number of rotatable bonds is 8. The van der Waals surface area contributed by atoms with Crippen LogP contribution in [0.3, 0.4) is 0 Å². The predicted molar refractivity (Wildman–Crippen MR) is 182 cm³/mol. The van der Waals surface area contributed by atoms with Gasteiger partial charge in [-0.05, 0) is 41.7 Å². The molecule has 1 fully saturated rings. The van der Waals surface area contributed by atoms with Crippen LogP contribution in [0.5, 0.6) is 0 Å². The first-order valence-electron chi connectivity index (χ1n) is 16.2. The van der Waals surface area contributed by atoms with Crippen molar-refractivity contribution in [3.8, 4) is 28.5 Å². The van der Waals surface area contributed by atoms with Gasteiger partial charge in [0.25, 0.3) is 11.8 Å². The molecule has 0 bridgehead atoms. The third-order valence-electron chi connectivity index (χ3n) is 9.32. The fraction of sp³-hybridized carbons (Fsp3) is 0.200. The summed E-state index contributed by atoms with van der Waals surface area (Å²) < 4.78 is 2.15. The average Bonchev–Trinajstić information content (AvgIpc) is 3.59. The zero-order valence-corrected chi connectivity index (χ0v) is 25.9. The first-order valence-corrected chi connectivity index (χ1v) is 16.2. The van der Waals surface area contributed by atoms with E-state index in [1.165, 1.54) is 0 Å². The fourth-order valence-corrected chi connectivity index (χ4v) is 7.12. The minimum Gasteiger partial charge on any atom is -0.322 e. The smallest absolute Gasteiger partial charge is 0.262 e. The Morgan fingerprint density at radius 3 is 1.85 bits per heavy atom. The van der Waals surface area contributed by atoms with Crippen molar-refractivity contribution in [2.45, 2.75) is 50.6 Å². The molecule has 232 valence electrons. The van der Waals surface area contributed by atoms with E-state index in [4.69, 9.17) is 0 Å². The highest BCUT2D eigenvalue weighted by molar-refractivity contribution is 6.23. The maximum Gasteiger partial charge on any atom is 0.262 e. The summed E-state index contributed by atoms with van der Waals surface area (Å²) in [5.74, 6) is -1.12. The van der Waals surface area contributed by atoms with E-state index in [9.17, 15) is 19.6 Å². The Labute approximate surface area is 274 Å². The first kappa shape index (κ1) is 29.9. The number of nitrogens with one attached hydrogen (secondary N) is 1. The van der Waals surface area contributed by atoms with Gasteiger partial charge in [0.05, 0.1) is 16.8 Å². The number of nitriles is 1. The number of hydrogen-bond acceptors (Lipinski definition) is 4. The molecule has 3 amide bonds. The number of aromatic nitrogens is 1. The number of carbonyl (C=O) groups is 3. The Bertz CT molecular complexity index is 1950. The van der Waals surface area contributed by atoms with Gasteiger partial charge in [0.2, 0.25) is 5.91 Å². The molecule has 0 unspecified atom stereocenters. The van der Waals surface area contributed by atoms with Gasteiger partial charge in [-0.15, -0.1) is 0 Å². The molecule has 1 aliphatic heterocycles. The lowest BCUT2D eigenvalue weighted by Crippen LogP contribution is -2.48. The van der Waals surface area contributed by atoms with Crippen LogP contribution in [0.4, 0.5) is 5.82 Å². The number of carbonyl (C=O) groups excluding carboxylic acids is 3. The van der Waals surface area contributed by atoms with E-state index in [1.807, 2.05) is 91.0 Å². The van der Waals surface area contributed by atoms with Crippen molar-refractivity contribution in [1.82, 2.24) is 9.47 Å². The molecule has 4 aromatic carbocycles. The highest BCUT2D eigenvalue weighted by atomic mass is 16.2. The van der Waals surface area contributed by atoms with Crippen LogP contribution in [0.2, 0.25) is 0 Å². The van der Waals surface area contributed by atoms with E-state index >= 15 is 0 Å². The summed E-state index contributed by atoms with van der Waals surface area (Å²) in [6.45, 7) is 0. The molecule has 0 saturated heterocycles. The summed E-state index contributed by atoms with van der Waals surface area (Å²) in [6, 6.07) is 37.2. The number of amides is 3. The van der Waals surface area contributed by atoms with Crippen molar-refractivity contribution in [3.63, 3.8) is 0 Å². The van der Waals surface area contributed by atoms with E-state index in [0.717, 1.165) is 65.0 Å². The van der Waals surface area contributed by atoms with Gasteiger partial charge < -0.3 is 9.88 Å². The largest absolute Gasteiger partial charge is 0.322 e. The zero-order chi connectivity index (χ0) is 32.3. The molecule has 1 aromatic heterocycles. The van der Waals surface area contributed by atoms with E-state index in [1.54, 1.807) is 24.3 Å². The lowest BCUT2D eigenvalue weighted by atomic mass is 9.94. The Morgan fingerprint density at radius 2 is 1.28 bits per heavy atom. The van der Waals surface area contributed by atoms with Gasteiger partial charge in [-0.3, -0.25) is 19.3 Å². The molecule has 1 N–H and O–H groups in total. The Balaban J connectivity index is 1.40. The molecule has 5 aromatic rings. The monoisotopic (exact) mass is 618 g/mol. The Kier molecular flexibility index (Phi) is 8.24. The van der Waals surface area contributed by atoms with Gasteiger partial charge in [-0.2, -0.15) is 5.26 Å².